The van der Waals surface area contributed by atoms with Gasteiger partial charge in [-0.1, -0.05) is 36.2 Å². The topological polar surface area (TPSA) is 47.0 Å². The Labute approximate surface area is 134 Å². The highest BCUT2D eigenvalue weighted by atomic mass is 35.5. The molecule has 1 unspecified atom stereocenters. The summed E-state index contributed by atoms with van der Waals surface area (Å²) >= 11 is 12.3. The normalized spacial score (nSPS) is 12.2. The monoisotopic (exact) mass is 325 g/mol. The van der Waals surface area contributed by atoms with Crippen LogP contribution in [0.25, 0.3) is 0 Å². The number of hydrogen-bond donors (Lipinski definition) is 1. The SMILES string of the molecule is CCCNC(c1ccc(Cl)cc1Cl)c1nccnc1OC. The Balaban J connectivity index is 2.47. The Morgan fingerprint density at radius 2 is 2.00 bits per heavy atom. The van der Waals surface area contributed by atoms with Crippen molar-refractivity contribution >= 4 is 23.2 Å². The molecule has 0 saturated heterocycles. The summed E-state index contributed by atoms with van der Waals surface area (Å²) in [6, 6.07) is 5.23. The zero-order chi connectivity index (χ0) is 15.2. The Hall–Kier alpha value is -1.36. The van der Waals surface area contributed by atoms with Gasteiger partial charge in [0, 0.05) is 22.4 Å². The minimum atomic E-state index is -0.196. The number of rotatable bonds is 6. The van der Waals surface area contributed by atoms with E-state index in [9.17, 15) is 0 Å². The Morgan fingerprint density at radius 1 is 1.24 bits per heavy atom. The van der Waals surface area contributed by atoms with Gasteiger partial charge in [-0.2, -0.15) is 0 Å². The highest BCUT2D eigenvalue weighted by Crippen LogP contribution is 2.32. The number of nitrogens with one attached hydrogen (secondary N) is 1. The summed E-state index contributed by atoms with van der Waals surface area (Å²) in [7, 11) is 1.58. The lowest BCUT2D eigenvalue weighted by Gasteiger charge is -2.21. The summed E-state index contributed by atoms with van der Waals surface area (Å²) in [6.07, 6.45) is 4.23. The van der Waals surface area contributed by atoms with Crippen LogP contribution >= 0.6 is 23.2 Å². The number of halogens is 2. The molecule has 21 heavy (non-hydrogen) atoms. The molecule has 0 spiro atoms. The second kappa shape index (κ2) is 7.59. The lowest BCUT2D eigenvalue weighted by molar-refractivity contribution is 0.382. The summed E-state index contributed by atoms with van der Waals surface area (Å²) in [5.74, 6) is 0.483. The molecule has 1 aromatic heterocycles. The van der Waals surface area contributed by atoms with Gasteiger partial charge in [-0.05, 0) is 30.7 Å². The average Bonchev–Trinajstić information content (AvgIpc) is 2.49. The highest BCUT2D eigenvalue weighted by Gasteiger charge is 2.22. The maximum atomic E-state index is 6.34. The van der Waals surface area contributed by atoms with E-state index in [1.807, 2.05) is 12.1 Å². The molecule has 0 aliphatic rings. The van der Waals surface area contributed by atoms with Gasteiger partial charge in [0.25, 0.3) is 0 Å². The zero-order valence-electron chi connectivity index (χ0n) is 11.9. The predicted molar refractivity (Wildman–Crippen MR) is 85.2 cm³/mol. The fraction of sp³-hybridized carbons (Fsp3) is 0.333. The smallest absolute Gasteiger partial charge is 0.237 e. The van der Waals surface area contributed by atoms with Crippen LogP contribution in [0.5, 0.6) is 5.88 Å². The van der Waals surface area contributed by atoms with Gasteiger partial charge in [0.05, 0.1) is 13.2 Å². The minimum Gasteiger partial charge on any atom is -0.480 e. The third kappa shape index (κ3) is 3.84. The third-order valence-corrected chi connectivity index (χ3v) is 3.59. The molecule has 0 amide bonds. The fourth-order valence-electron chi connectivity index (χ4n) is 2.07. The molecule has 1 N–H and O–H groups in total. The average molecular weight is 326 g/mol. The van der Waals surface area contributed by atoms with Gasteiger partial charge in [0.1, 0.15) is 5.69 Å². The van der Waals surface area contributed by atoms with Crippen LogP contribution in [0.4, 0.5) is 0 Å². The highest BCUT2D eigenvalue weighted by molar-refractivity contribution is 6.35. The van der Waals surface area contributed by atoms with E-state index in [0.29, 0.717) is 21.6 Å². The van der Waals surface area contributed by atoms with Gasteiger partial charge in [0.2, 0.25) is 5.88 Å². The first-order valence-corrected chi connectivity index (χ1v) is 7.46. The Bertz CT molecular complexity index is 607. The first-order chi connectivity index (χ1) is 10.2. The van der Waals surface area contributed by atoms with Gasteiger partial charge in [0.15, 0.2) is 0 Å². The van der Waals surface area contributed by atoms with E-state index in [4.69, 9.17) is 27.9 Å². The van der Waals surface area contributed by atoms with E-state index < -0.39 is 0 Å². The van der Waals surface area contributed by atoms with Crippen LogP contribution in [0.2, 0.25) is 10.0 Å². The number of nitrogens with zero attached hydrogens (tertiary/aromatic N) is 2. The van der Waals surface area contributed by atoms with Crippen molar-refractivity contribution in [2.45, 2.75) is 19.4 Å². The summed E-state index contributed by atoms with van der Waals surface area (Å²) < 4.78 is 5.31. The molecule has 0 saturated carbocycles. The Kier molecular flexibility index (Phi) is 5.79. The quantitative estimate of drug-likeness (QED) is 0.875. The summed E-state index contributed by atoms with van der Waals surface area (Å²) in [6.45, 7) is 2.92. The van der Waals surface area contributed by atoms with Crippen LogP contribution in [0, 0.1) is 0 Å². The molecule has 112 valence electrons. The van der Waals surface area contributed by atoms with Crippen molar-refractivity contribution < 1.29 is 4.74 Å². The molecule has 0 aliphatic carbocycles. The van der Waals surface area contributed by atoms with Crippen LogP contribution in [0.1, 0.15) is 30.6 Å². The number of aromatic nitrogens is 2. The maximum absolute atomic E-state index is 6.34. The number of ether oxygens (including phenoxy) is 1. The van der Waals surface area contributed by atoms with Gasteiger partial charge in [-0.25, -0.2) is 4.98 Å². The van der Waals surface area contributed by atoms with E-state index in [2.05, 4.69) is 22.2 Å². The zero-order valence-corrected chi connectivity index (χ0v) is 13.4. The van der Waals surface area contributed by atoms with Crippen LogP contribution in [-0.4, -0.2) is 23.6 Å². The van der Waals surface area contributed by atoms with Crippen LogP contribution < -0.4 is 10.1 Å². The fourth-order valence-corrected chi connectivity index (χ4v) is 2.59. The number of hydrogen-bond acceptors (Lipinski definition) is 4. The molecule has 1 heterocycles. The largest absolute Gasteiger partial charge is 0.480 e. The van der Waals surface area contributed by atoms with Crippen LogP contribution in [0.15, 0.2) is 30.6 Å². The van der Waals surface area contributed by atoms with Crippen LogP contribution in [0.3, 0.4) is 0 Å². The lowest BCUT2D eigenvalue weighted by Crippen LogP contribution is -2.25. The van der Waals surface area contributed by atoms with Crippen molar-refractivity contribution in [2.24, 2.45) is 0 Å². The molecule has 0 bridgehead atoms. The Morgan fingerprint density at radius 3 is 2.67 bits per heavy atom. The van der Waals surface area contributed by atoms with Gasteiger partial charge < -0.3 is 10.1 Å². The molecule has 6 heteroatoms. The van der Waals surface area contributed by atoms with E-state index in [0.717, 1.165) is 18.5 Å². The van der Waals surface area contributed by atoms with Crippen molar-refractivity contribution in [1.82, 2.24) is 15.3 Å². The second-order valence-electron chi connectivity index (χ2n) is 4.50. The predicted octanol–water partition coefficient (Wildman–Crippen LogP) is 3.88. The van der Waals surface area contributed by atoms with Crippen molar-refractivity contribution in [3.8, 4) is 5.88 Å². The van der Waals surface area contributed by atoms with Crippen molar-refractivity contribution in [3.05, 3.63) is 51.9 Å². The lowest BCUT2D eigenvalue weighted by atomic mass is 10.0. The van der Waals surface area contributed by atoms with Gasteiger partial charge in [-0.3, -0.25) is 4.98 Å². The first kappa shape index (κ1) is 16.0. The summed E-state index contributed by atoms with van der Waals surface area (Å²) in [4.78, 5) is 8.61. The molecule has 2 aromatic rings. The van der Waals surface area contributed by atoms with E-state index in [1.54, 1.807) is 25.6 Å². The van der Waals surface area contributed by atoms with Gasteiger partial charge >= 0.3 is 0 Å². The van der Waals surface area contributed by atoms with E-state index in [-0.39, 0.29) is 6.04 Å². The van der Waals surface area contributed by atoms with Gasteiger partial charge in [-0.15, -0.1) is 0 Å². The molecular formula is C15H17Cl2N3O. The summed E-state index contributed by atoms with van der Waals surface area (Å²) in [5, 5.41) is 4.61. The molecule has 2 rings (SSSR count). The number of benzene rings is 1. The van der Waals surface area contributed by atoms with Crippen molar-refractivity contribution in [2.75, 3.05) is 13.7 Å². The molecule has 1 atom stereocenters. The second-order valence-corrected chi connectivity index (χ2v) is 5.35. The molecule has 4 nitrogen and oxygen atoms in total. The van der Waals surface area contributed by atoms with Crippen molar-refractivity contribution in [1.29, 1.82) is 0 Å². The minimum absolute atomic E-state index is 0.196. The van der Waals surface area contributed by atoms with E-state index in [1.165, 1.54) is 0 Å². The third-order valence-electron chi connectivity index (χ3n) is 3.03. The van der Waals surface area contributed by atoms with Crippen molar-refractivity contribution in [3.63, 3.8) is 0 Å². The standard InChI is InChI=1S/C15H17Cl2N3O/c1-3-6-18-13(11-5-4-10(16)9-12(11)17)14-15(21-2)20-8-7-19-14/h4-5,7-9,13,18H,3,6H2,1-2H3. The molecule has 1 aromatic carbocycles. The molecule has 0 aliphatic heterocycles. The van der Waals surface area contributed by atoms with E-state index >= 15 is 0 Å². The number of methoxy groups -OCH3 is 1. The van der Waals surface area contributed by atoms with Crippen LogP contribution in [-0.2, 0) is 0 Å². The first-order valence-electron chi connectivity index (χ1n) is 6.70. The molecule has 0 fully saturated rings. The molecule has 0 radical (unpaired) electrons. The maximum Gasteiger partial charge on any atom is 0.237 e. The summed E-state index contributed by atoms with van der Waals surface area (Å²) in [5.41, 5.74) is 1.60. The molecular weight excluding hydrogens is 309 g/mol.